The van der Waals surface area contributed by atoms with Crippen molar-refractivity contribution in [3.8, 4) is 0 Å². The van der Waals surface area contributed by atoms with E-state index in [9.17, 15) is 18.0 Å². The number of amides is 1. The molecule has 0 spiro atoms. The molecule has 2 fully saturated rings. The lowest BCUT2D eigenvalue weighted by Gasteiger charge is -2.22. The summed E-state index contributed by atoms with van der Waals surface area (Å²) < 4.78 is 52.4. The third-order valence-electron chi connectivity index (χ3n) is 6.09. The van der Waals surface area contributed by atoms with Crippen LogP contribution in [0.25, 0.3) is 0 Å². The Kier molecular flexibility index (Phi) is 7.44. The Hall–Kier alpha value is -2.24. The van der Waals surface area contributed by atoms with Crippen molar-refractivity contribution in [2.45, 2.75) is 62.7 Å². The molecule has 1 unspecified atom stereocenters. The summed E-state index contributed by atoms with van der Waals surface area (Å²) in [6, 6.07) is 3.81. The van der Waals surface area contributed by atoms with E-state index < -0.39 is 29.0 Å². The molecule has 1 saturated carbocycles. The highest BCUT2D eigenvalue weighted by molar-refractivity contribution is 9.09. The average Bonchev–Trinajstić information content (AvgIpc) is 3.33. The highest BCUT2D eigenvalue weighted by Gasteiger charge is 2.42. The fraction of sp³-hybridized carbons (Fsp3) is 0.522. The number of hydrogen-bond donors (Lipinski definition) is 2. The summed E-state index contributed by atoms with van der Waals surface area (Å²) in [5.41, 5.74) is 0.00986. The fourth-order valence-electron chi connectivity index (χ4n) is 4.00. The van der Waals surface area contributed by atoms with Gasteiger partial charge in [-0.3, -0.25) is 4.79 Å². The molecule has 1 aromatic carbocycles. The molecule has 2 aromatic rings. The van der Waals surface area contributed by atoms with Crippen molar-refractivity contribution in [3.63, 3.8) is 0 Å². The molecule has 1 amide bonds. The second kappa shape index (κ2) is 10.2. The molecule has 34 heavy (non-hydrogen) atoms. The number of ether oxygens (including phenoxy) is 2. The van der Waals surface area contributed by atoms with Gasteiger partial charge in [0.25, 0.3) is 6.43 Å². The van der Waals surface area contributed by atoms with Gasteiger partial charge in [0.15, 0.2) is 6.29 Å². The third-order valence-corrected chi connectivity index (χ3v) is 6.81. The predicted octanol–water partition coefficient (Wildman–Crippen LogP) is 5.01. The quantitative estimate of drug-likeness (QED) is 0.342. The maximum atomic E-state index is 14.7. The molecule has 184 valence electrons. The molecular formula is C23H26BrF3N4O3. The first-order chi connectivity index (χ1) is 16.2. The number of rotatable bonds is 9. The summed E-state index contributed by atoms with van der Waals surface area (Å²) in [5.74, 6) is -0.539. The van der Waals surface area contributed by atoms with Crippen LogP contribution in [0.5, 0.6) is 0 Å². The summed E-state index contributed by atoms with van der Waals surface area (Å²) >= 11 is 3.34. The molecule has 11 heteroatoms. The van der Waals surface area contributed by atoms with Gasteiger partial charge in [-0.15, -0.1) is 0 Å². The molecule has 1 aliphatic carbocycles. The molecule has 1 atom stereocenters. The van der Waals surface area contributed by atoms with Gasteiger partial charge < -0.3 is 20.1 Å². The largest absolute Gasteiger partial charge is 0.353 e. The zero-order valence-electron chi connectivity index (χ0n) is 18.8. The minimum absolute atomic E-state index is 0.00816. The van der Waals surface area contributed by atoms with Crippen LogP contribution in [0.2, 0.25) is 0 Å². The Labute approximate surface area is 204 Å². The van der Waals surface area contributed by atoms with E-state index in [2.05, 4.69) is 36.5 Å². The van der Waals surface area contributed by atoms with Crippen LogP contribution in [-0.2, 0) is 20.7 Å². The van der Waals surface area contributed by atoms with Crippen molar-refractivity contribution in [2.24, 2.45) is 0 Å². The number of aryl methyl sites for hydroxylation is 1. The number of halogens is 4. The van der Waals surface area contributed by atoms with Gasteiger partial charge >= 0.3 is 0 Å². The molecule has 1 aliphatic heterocycles. The van der Waals surface area contributed by atoms with E-state index in [0.717, 1.165) is 25.3 Å². The lowest BCUT2D eigenvalue weighted by molar-refractivity contribution is -0.121. The fourth-order valence-corrected chi connectivity index (χ4v) is 4.57. The van der Waals surface area contributed by atoms with E-state index >= 15 is 0 Å². The lowest BCUT2D eigenvalue weighted by Crippen LogP contribution is -2.37. The van der Waals surface area contributed by atoms with Crippen molar-refractivity contribution >= 4 is 27.7 Å². The topological polar surface area (TPSA) is 85.4 Å². The van der Waals surface area contributed by atoms with Gasteiger partial charge in [0, 0.05) is 11.1 Å². The number of benzene rings is 1. The normalized spacial score (nSPS) is 18.2. The summed E-state index contributed by atoms with van der Waals surface area (Å²) in [4.78, 5) is 20.8. The lowest BCUT2D eigenvalue weighted by atomic mass is 10.1. The van der Waals surface area contributed by atoms with Crippen molar-refractivity contribution in [1.29, 1.82) is 0 Å². The number of carbonyl (C=O) groups excluding carboxylic acids is 1. The SMILES string of the molecule is CCC1(NC(=O)Cc2nc(C)nc(NC(Br)c3cccc(C(F)F)c3F)c2C2OCCO2)CC1. The molecule has 0 bridgehead atoms. The van der Waals surface area contributed by atoms with E-state index in [-0.39, 0.29) is 29.2 Å². The van der Waals surface area contributed by atoms with E-state index in [1.54, 1.807) is 6.92 Å². The number of nitrogens with zero attached hydrogens (tertiary/aromatic N) is 2. The van der Waals surface area contributed by atoms with E-state index in [1.807, 2.05) is 6.92 Å². The molecule has 2 N–H and O–H groups in total. The molecular weight excluding hydrogens is 517 g/mol. The summed E-state index contributed by atoms with van der Waals surface area (Å²) in [6.45, 7) is 4.41. The standard InChI is InChI=1S/C23H26BrF3N4O3/c1-3-23(7-8-23)31-16(32)11-15-17(22-33-9-10-34-22)21(29-12(2)28-15)30-19(24)13-5-4-6-14(18(13)25)20(26)27/h4-6,19-20,22H,3,7-11H2,1-2H3,(H,31,32)(H,28,29,30). The van der Waals surface area contributed by atoms with Gasteiger partial charge in [-0.25, -0.2) is 23.1 Å². The van der Waals surface area contributed by atoms with Crippen LogP contribution in [0.1, 0.15) is 72.1 Å². The summed E-state index contributed by atoms with van der Waals surface area (Å²) in [6.07, 6.45) is -1.03. The van der Waals surface area contributed by atoms with E-state index in [0.29, 0.717) is 30.3 Å². The van der Waals surface area contributed by atoms with Crippen molar-refractivity contribution < 1.29 is 27.4 Å². The third kappa shape index (κ3) is 5.36. The zero-order valence-corrected chi connectivity index (χ0v) is 20.4. The molecule has 2 heterocycles. The molecule has 4 rings (SSSR count). The number of aromatic nitrogens is 2. The van der Waals surface area contributed by atoms with E-state index in [4.69, 9.17) is 9.47 Å². The number of carbonyl (C=O) groups is 1. The Balaban J connectivity index is 1.65. The second-order valence-electron chi connectivity index (χ2n) is 8.47. The number of nitrogens with one attached hydrogen (secondary N) is 2. The van der Waals surface area contributed by atoms with Crippen LogP contribution in [-0.4, -0.2) is 34.6 Å². The van der Waals surface area contributed by atoms with Gasteiger partial charge in [0.05, 0.1) is 36.5 Å². The van der Waals surface area contributed by atoms with Crippen LogP contribution in [0.4, 0.5) is 19.0 Å². The molecule has 1 saturated heterocycles. The van der Waals surface area contributed by atoms with Gasteiger partial charge in [-0.05, 0) is 26.2 Å². The molecule has 0 radical (unpaired) electrons. The number of alkyl halides is 3. The second-order valence-corrected chi connectivity index (χ2v) is 9.39. The highest BCUT2D eigenvalue weighted by Crippen LogP contribution is 2.39. The van der Waals surface area contributed by atoms with Gasteiger partial charge in [-0.2, -0.15) is 0 Å². The maximum Gasteiger partial charge on any atom is 0.266 e. The van der Waals surface area contributed by atoms with Gasteiger partial charge in [0.2, 0.25) is 5.91 Å². The Morgan fingerprint density at radius 2 is 1.91 bits per heavy atom. The Morgan fingerprint density at radius 3 is 2.53 bits per heavy atom. The monoisotopic (exact) mass is 542 g/mol. The zero-order chi connectivity index (χ0) is 24.5. The first-order valence-corrected chi connectivity index (χ1v) is 12.0. The Morgan fingerprint density at radius 1 is 1.24 bits per heavy atom. The van der Waals surface area contributed by atoms with Crippen molar-refractivity contribution in [1.82, 2.24) is 15.3 Å². The first-order valence-electron chi connectivity index (χ1n) is 11.1. The van der Waals surface area contributed by atoms with Crippen molar-refractivity contribution in [3.05, 3.63) is 52.2 Å². The van der Waals surface area contributed by atoms with Crippen LogP contribution < -0.4 is 10.6 Å². The highest BCUT2D eigenvalue weighted by atomic mass is 79.9. The Bertz CT molecular complexity index is 1060. The van der Waals surface area contributed by atoms with Gasteiger partial charge in [-0.1, -0.05) is 41.1 Å². The van der Waals surface area contributed by atoms with E-state index in [1.165, 1.54) is 12.1 Å². The smallest absolute Gasteiger partial charge is 0.266 e. The maximum absolute atomic E-state index is 14.7. The van der Waals surface area contributed by atoms with Crippen molar-refractivity contribution in [2.75, 3.05) is 18.5 Å². The number of hydrogen-bond acceptors (Lipinski definition) is 6. The first kappa shape index (κ1) is 24.9. The van der Waals surface area contributed by atoms with Crippen LogP contribution >= 0.6 is 15.9 Å². The van der Waals surface area contributed by atoms with Gasteiger partial charge in [0.1, 0.15) is 22.4 Å². The summed E-state index contributed by atoms with van der Waals surface area (Å²) in [7, 11) is 0. The van der Waals surface area contributed by atoms with Crippen LogP contribution in [0, 0.1) is 12.7 Å². The number of anilines is 1. The van der Waals surface area contributed by atoms with Crippen LogP contribution in [0.15, 0.2) is 18.2 Å². The summed E-state index contributed by atoms with van der Waals surface area (Å²) in [5, 5.41) is 6.11. The predicted molar refractivity (Wildman–Crippen MR) is 122 cm³/mol. The molecule has 1 aromatic heterocycles. The minimum atomic E-state index is -2.94. The average molecular weight is 543 g/mol. The van der Waals surface area contributed by atoms with Crippen LogP contribution in [0.3, 0.4) is 0 Å². The molecule has 2 aliphatic rings. The molecule has 7 nitrogen and oxygen atoms in total. The minimum Gasteiger partial charge on any atom is -0.353 e.